The van der Waals surface area contributed by atoms with Crippen LogP contribution in [0.15, 0.2) is 109 Å². The lowest BCUT2D eigenvalue weighted by Crippen LogP contribution is -2.42. The second kappa shape index (κ2) is 47.2. The SMILES string of the molecule is C.C.C=C1C[C@H](CCCO)OC1CC[C@H]1C[C@@H](C)C(=C)[C@@H](CC2O[C@H](C[C@H](C)CO[Si](C)(C)C(C)(C)C)[C@H](C)[C@H]2Cc2ccccc2)O1.C=C1C[C@H](CCCO[Si](CC)(CC)CC)OC1CC[C@H]1C[C@@H](C)C(=C)[C@@H](CC2O[C@H](C[C@H](C)CO[Si](C)(C)C(C)(C)C)[C@H](C)[C@H]2Cc2ccccc2)O1.O=S=O.O=S=O. The van der Waals surface area contributed by atoms with Crippen molar-refractivity contribution >= 4 is 48.1 Å². The molecule has 0 aromatic heterocycles. The molecule has 8 rings (SSSR count). The van der Waals surface area contributed by atoms with E-state index in [4.69, 9.17) is 58.5 Å². The molecule has 0 aliphatic carbocycles. The van der Waals surface area contributed by atoms with Gasteiger partial charge >= 0.3 is 23.1 Å². The maximum atomic E-state index is 9.22. The summed E-state index contributed by atoms with van der Waals surface area (Å²) in [6, 6.07) is 25.5. The third-order valence-corrected chi connectivity index (χ3v) is 39.6. The summed E-state index contributed by atoms with van der Waals surface area (Å²) in [5, 5.41) is 9.65. The molecule has 6 aliphatic rings. The van der Waals surface area contributed by atoms with Crippen LogP contribution in [-0.4, -0.2) is 147 Å². The maximum Gasteiger partial charge on any atom is 0.335 e. The first-order valence-electron chi connectivity index (χ1n) is 40.6. The highest BCUT2D eigenvalue weighted by molar-refractivity contribution is 7.52. The fourth-order valence-electron chi connectivity index (χ4n) is 16.4. The average molecular weight is 1580 g/mol. The molecular weight excluding hydrogens is 1430 g/mol. The zero-order valence-corrected chi connectivity index (χ0v) is 73.5. The van der Waals surface area contributed by atoms with Gasteiger partial charge < -0.3 is 46.8 Å². The Morgan fingerprint density at radius 1 is 0.495 bits per heavy atom. The van der Waals surface area contributed by atoms with Crippen LogP contribution in [0, 0.1) is 47.3 Å². The van der Waals surface area contributed by atoms with E-state index in [0.717, 1.165) is 135 Å². The van der Waals surface area contributed by atoms with Gasteiger partial charge in [-0.15, -0.1) is 0 Å². The molecule has 20 atom stereocenters. The zero-order chi connectivity index (χ0) is 78.0. The fraction of sp³-hybridized carbons (Fsp3) is 0.773. The van der Waals surface area contributed by atoms with E-state index in [-0.39, 0.29) is 105 Å². The zero-order valence-electron chi connectivity index (χ0n) is 68.9. The van der Waals surface area contributed by atoms with Crippen molar-refractivity contribution < 1.29 is 63.6 Å². The van der Waals surface area contributed by atoms with Crippen LogP contribution in [0.25, 0.3) is 0 Å². The molecule has 6 heterocycles. The van der Waals surface area contributed by atoms with Gasteiger partial charge in [-0.1, -0.05) is 206 Å². The minimum absolute atomic E-state index is 0. The summed E-state index contributed by atoms with van der Waals surface area (Å²) in [6.07, 6.45) is 19.3. The lowest BCUT2D eigenvalue weighted by atomic mass is 9.78. The quantitative estimate of drug-likeness (QED) is 0.0392. The number of hydrogen-bond acceptors (Lipinski definition) is 14. The summed E-state index contributed by atoms with van der Waals surface area (Å²) in [5.41, 5.74) is 7.68. The molecule has 0 spiro atoms. The van der Waals surface area contributed by atoms with Gasteiger partial charge in [0, 0.05) is 39.3 Å². The summed E-state index contributed by atoms with van der Waals surface area (Å²) in [6.45, 7) is 65.0. The highest BCUT2D eigenvalue weighted by atomic mass is 32.1. The Kier molecular flexibility index (Phi) is 43.5. The Morgan fingerprint density at radius 2 is 0.841 bits per heavy atom. The van der Waals surface area contributed by atoms with Crippen molar-refractivity contribution in [2.45, 2.75) is 362 Å². The number of hydrogen-bond donors (Lipinski definition) is 1. The van der Waals surface area contributed by atoms with E-state index in [0.29, 0.717) is 47.3 Å². The standard InChI is InChI=1S/C46H80O5Si2.C40H66O5Si.2CH4.2O2S/c1-14-53(15-2,16-3)47-26-20-23-39-29-35(6)42(49-39)25-24-40-28-34(5)36(7)44(50-40)31-45-41(30-38-21-18-17-19-22-38)37(8)43(51-45)27-33(4)32-48-52(12,13)46(9,10)11;1-27(26-42-46(9,10)40(6,7)8)21-37-31(5)35(24-32-15-12-11-13-16-32)39(45-37)25-38-30(4)28(2)22-34(44-38)18-19-36-29(3)23-33(43-36)17-14-20-41;;;2*1-3-2/h17-19,21-22,33-34,37,39-45H,6-7,14-16,20,23-32H2,1-5,8-13H3;11-13,15-16,27-28,31,33-39,41H,3-4,14,17-26H2,1-2,5-10H3;2*1H4;;/t33-,34+,37+,39-,40-,41+,42?,43+,44+,45?;27-,28+,31+,33-,34-,35+,36?,37+,38+,39?;;;;/m00..../s1. The Balaban J connectivity index is 0.000000512. The first-order chi connectivity index (χ1) is 49.5. The first kappa shape index (κ1) is 98.5. The van der Waals surface area contributed by atoms with E-state index in [9.17, 15) is 5.11 Å². The van der Waals surface area contributed by atoms with Gasteiger partial charge in [-0.05, 0) is 238 Å². The second-order valence-electron chi connectivity index (χ2n) is 35.7. The monoisotopic (exact) mass is 1580 g/mol. The van der Waals surface area contributed by atoms with Gasteiger partial charge in [-0.25, -0.2) is 0 Å². The van der Waals surface area contributed by atoms with Crippen LogP contribution >= 0.6 is 0 Å². The molecule has 19 heteroatoms. The predicted molar refractivity (Wildman–Crippen MR) is 452 cm³/mol. The molecule has 614 valence electrons. The third-order valence-electron chi connectivity index (χ3n) is 25.9. The number of rotatable bonds is 35. The fourth-order valence-corrected chi connectivity index (χ4v) is 21.4. The minimum atomic E-state index is -1.79. The largest absolute Gasteiger partial charge is 0.417 e. The molecule has 0 bridgehead atoms. The molecule has 6 aliphatic heterocycles. The Labute approximate surface area is 663 Å². The van der Waals surface area contributed by atoms with Crippen molar-refractivity contribution in [1.29, 1.82) is 0 Å². The van der Waals surface area contributed by atoms with E-state index >= 15 is 0 Å². The summed E-state index contributed by atoms with van der Waals surface area (Å²) in [4.78, 5) is 0. The van der Waals surface area contributed by atoms with E-state index < -0.39 is 48.1 Å². The van der Waals surface area contributed by atoms with Crippen LogP contribution < -0.4 is 0 Å². The van der Waals surface area contributed by atoms with Crippen molar-refractivity contribution in [1.82, 2.24) is 0 Å². The molecule has 0 radical (unpaired) electrons. The van der Waals surface area contributed by atoms with Crippen molar-refractivity contribution in [2.75, 3.05) is 26.4 Å². The summed E-state index contributed by atoms with van der Waals surface area (Å²) >= 11 is -1.50. The second-order valence-corrected chi connectivity index (χ2v) is 50.3. The number of ether oxygens (including phenoxy) is 6. The van der Waals surface area contributed by atoms with Gasteiger partial charge in [0.15, 0.2) is 25.0 Å². The van der Waals surface area contributed by atoms with Gasteiger partial charge in [0.2, 0.25) is 0 Å². The van der Waals surface area contributed by atoms with Crippen LogP contribution in [0.3, 0.4) is 0 Å². The van der Waals surface area contributed by atoms with Crippen molar-refractivity contribution in [3.05, 3.63) is 120 Å². The van der Waals surface area contributed by atoms with Crippen molar-refractivity contribution in [3.8, 4) is 0 Å². The number of benzene rings is 2. The Hall–Kier alpha value is -2.71. The van der Waals surface area contributed by atoms with Gasteiger partial charge in [0.05, 0.1) is 73.2 Å². The normalized spacial score (nSPS) is 29.6. The molecule has 4 unspecified atom stereocenters. The molecule has 2 aromatic rings. The highest BCUT2D eigenvalue weighted by Gasteiger charge is 2.48. The van der Waals surface area contributed by atoms with Crippen molar-refractivity contribution in [2.24, 2.45) is 47.3 Å². The molecule has 0 saturated carbocycles. The van der Waals surface area contributed by atoms with Gasteiger partial charge in [-0.3, -0.25) is 0 Å². The lowest BCUT2D eigenvalue weighted by molar-refractivity contribution is -0.0749. The molecule has 2 aromatic carbocycles. The Morgan fingerprint density at radius 3 is 1.18 bits per heavy atom. The molecule has 1 N–H and O–H groups in total. The molecule has 14 nitrogen and oxygen atoms in total. The summed E-state index contributed by atoms with van der Waals surface area (Å²) < 4.78 is 93.8. The predicted octanol–water partition coefficient (Wildman–Crippen LogP) is 21.6. The lowest BCUT2D eigenvalue weighted by Gasteiger charge is -2.38. The van der Waals surface area contributed by atoms with Crippen LogP contribution in [-0.2, 0) is 77.7 Å². The molecular formula is C88H154O14S2Si3. The number of aliphatic hydroxyl groups is 1. The van der Waals surface area contributed by atoms with E-state index in [2.05, 4.69) is 217 Å². The van der Waals surface area contributed by atoms with Crippen LogP contribution in [0.2, 0.25) is 54.4 Å². The topological polar surface area (TPSA) is 172 Å². The van der Waals surface area contributed by atoms with Crippen LogP contribution in [0.4, 0.5) is 0 Å². The third kappa shape index (κ3) is 30.5. The van der Waals surface area contributed by atoms with E-state index in [1.807, 2.05) is 0 Å². The average Bonchev–Trinajstić information content (AvgIpc) is 1.67. The smallest absolute Gasteiger partial charge is 0.335 e. The first-order valence-corrected chi connectivity index (χ1v) is 50.3. The summed E-state index contributed by atoms with van der Waals surface area (Å²) in [5.74, 6) is 3.52. The molecule has 107 heavy (non-hydrogen) atoms. The summed E-state index contributed by atoms with van der Waals surface area (Å²) in [7, 11) is -5.10. The van der Waals surface area contributed by atoms with Gasteiger partial charge in [-0.2, -0.15) is 16.8 Å². The maximum absolute atomic E-state index is 9.22. The number of aliphatic hydroxyl groups excluding tert-OH is 1. The van der Waals surface area contributed by atoms with E-state index in [1.165, 1.54) is 51.6 Å². The van der Waals surface area contributed by atoms with Gasteiger partial charge in [0.1, 0.15) is 0 Å². The van der Waals surface area contributed by atoms with Crippen LogP contribution in [0.1, 0.15) is 233 Å². The Bertz CT molecular complexity index is 2960. The minimum Gasteiger partial charge on any atom is -0.417 e. The molecule has 0 amide bonds. The molecule has 6 saturated heterocycles. The highest BCUT2D eigenvalue weighted by Crippen LogP contribution is 2.47. The molecule has 6 fully saturated rings. The van der Waals surface area contributed by atoms with Gasteiger partial charge in [0.25, 0.3) is 0 Å². The van der Waals surface area contributed by atoms with Crippen LogP contribution in [0.5, 0.6) is 0 Å². The van der Waals surface area contributed by atoms with Crippen molar-refractivity contribution in [3.63, 3.8) is 0 Å². The van der Waals surface area contributed by atoms with E-state index in [1.54, 1.807) is 0 Å².